The van der Waals surface area contributed by atoms with E-state index in [-0.39, 0.29) is 41.1 Å². The van der Waals surface area contributed by atoms with Crippen LogP contribution in [0.5, 0.6) is 0 Å². The predicted octanol–water partition coefficient (Wildman–Crippen LogP) is 7.90. The van der Waals surface area contributed by atoms with Gasteiger partial charge in [0.15, 0.2) is 12.1 Å². The molecule has 4 bridgehead atoms. The first kappa shape index (κ1) is 32.3. The maximum absolute atomic E-state index is 7.05. The van der Waals surface area contributed by atoms with E-state index in [0.717, 1.165) is 25.2 Å². The summed E-state index contributed by atoms with van der Waals surface area (Å²) in [7, 11) is -0.397. The quantitative estimate of drug-likeness (QED) is 0.243. The molecule has 4 aliphatic rings. The molecule has 0 spiro atoms. The summed E-state index contributed by atoms with van der Waals surface area (Å²) in [5, 5.41) is 3.83. The van der Waals surface area contributed by atoms with E-state index in [0.29, 0.717) is 0 Å². The van der Waals surface area contributed by atoms with Crippen molar-refractivity contribution in [3.63, 3.8) is 0 Å². The second kappa shape index (κ2) is 9.44. The predicted molar refractivity (Wildman–Crippen MR) is 180 cm³/mol. The fourth-order valence-electron chi connectivity index (χ4n) is 8.52. The number of ether oxygens (including phenoxy) is 3. The molecule has 0 radical (unpaired) electrons. The highest BCUT2D eigenvalue weighted by atomic mass is 31.1. The molecule has 6 unspecified atom stereocenters. The average Bonchev–Trinajstić information content (AvgIpc) is 2.66. The van der Waals surface area contributed by atoms with Gasteiger partial charge in [-0.05, 0) is 54.5 Å². The van der Waals surface area contributed by atoms with E-state index in [1.165, 1.54) is 5.56 Å². The molecule has 0 N–H and O–H groups in total. The lowest BCUT2D eigenvalue weighted by molar-refractivity contribution is -0.498. The van der Waals surface area contributed by atoms with Crippen LogP contribution < -0.4 is 10.4 Å². The molecule has 4 heterocycles. The van der Waals surface area contributed by atoms with Crippen LogP contribution in [0.4, 0.5) is 0 Å². The highest BCUT2D eigenvalue weighted by Crippen LogP contribution is 2.67. The summed E-state index contributed by atoms with van der Waals surface area (Å²) < 4.78 is 20.3. The molecule has 39 heavy (non-hydrogen) atoms. The van der Waals surface area contributed by atoms with E-state index in [1.807, 2.05) is 0 Å². The third-order valence-corrected chi connectivity index (χ3v) is 18.6. The second-order valence-electron chi connectivity index (χ2n) is 17.3. The smallest absolute Gasteiger partial charge is 0.172 e. The summed E-state index contributed by atoms with van der Waals surface area (Å²) in [6.07, 6.45) is 3.38. The van der Waals surface area contributed by atoms with E-state index >= 15 is 0 Å². The molecule has 0 amide bonds. The van der Waals surface area contributed by atoms with E-state index in [4.69, 9.17) is 14.2 Å². The van der Waals surface area contributed by atoms with Crippen LogP contribution in [0.3, 0.4) is 0 Å². The fraction of sp³-hybridized carbons (Fsp3) is 0.812. The molecule has 6 atom stereocenters. The Morgan fingerprint density at radius 3 is 1.77 bits per heavy atom. The Balaban J connectivity index is 2.09. The summed E-state index contributed by atoms with van der Waals surface area (Å²) in [5.41, 5.74) is 2.06. The van der Waals surface area contributed by atoms with Gasteiger partial charge < -0.3 is 14.2 Å². The van der Waals surface area contributed by atoms with E-state index < -0.39 is 21.9 Å². The fourth-order valence-corrected chi connectivity index (χ4v) is 18.4. The molecular formula is C32H58O3P2Si2. The Morgan fingerprint density at radius 1 is 0.846 bits per heavy atom. The van der Waals surface area contributed by atoms with Crippen LogP contribution in [0.15, 0.2) is 12.1 Å². The van der Waals surface area contributed by atoms with Crippen molar-refractivity contribution in [3.8, 4) is 0 Å². The molecule has 4 saturated heterocycles. The Labute approximate surface area is 246 Å². The van der Waals surface area contributed by atoms with Crippen molar-refractivity contribution >= 4 is 43.7 Å². The lowest BCUT2D eigenvalue weighted by Gasteiger charge is -2.72. The summed E-state index contributed by atoms with van der Waals surface area (Å²) >= 11 is 0. The number of benzene rings is 1. The van der Waals surface area contributed by atoms with Gasteiger partial charge in [0.05, 0.1) is 32.8 Å². The maximum atomic E-state index is 7.05. The molecule has 3 nitrogen and oxygen atoms in total. The van der Waals surface area contributed by atoms with Crippen LogP contribution in [0.1, 0.15) is 86.3 Å². The molecule has 7 heteroatoms. The van der Waals surface area contributed by atoms with Crippen molar-refractivity contribution in [2.24, 2.45) is 0 Å². The van der Waals surface area contributed by atoms with Crippen molar-refractivity contribution < 1.29 is 14.2 Å². The van der Waals surface area contributed by atoms with E-state index in [1.54, 1.807) is 15.9 Å². The van der Waals surface area contributed by atoms with Crippen LogP contribution >= 0.6 is 17.2 Å². The normalized spacial score (nSPS) is 35.3. The van der Waals surface area contributed by atoms with Crippen molar-refractivity contribution in [2.75, 3.05) is 6.16 Å². The molecule has 5 rings (SSSR count). The molecule has 222 valence electrons. The molecule has 1 aromatic rings. The maximum Gasteiger partial charge on any atom is 0.172 e. The van der Waals surface area contributed by atoms with Gasteiger partial charge in [-0.25, -0.2) is 0 Å². The lowest BCUT2D eigenvalue weighted by Crippen LogP contribution is -2.81. The standard InChI is InChI=1S/C32H58O3P2Si2/c1-27(2,3)37(28(4,5)6)19-22-16-24(38(10,11)12)25(39(13,14)15)17-23(22)32(21-36)29(7)18-26-33-30(32,8)20-31(9,34-26)35-29/h16-17,26H,18-21,36H2,1-15H3. The third-order valence-electron chi connectivity index (χ3n) is 9.81. The van der Waals surface area contributed by atoms with Gasteiger partial charge in [-0.3, -0.25) is 0 Å². The first-order chi connectivity index (χ1) is 17.3. The number of rotatable bonds is 6. The van der Waals surface area contributed by atoms with Gasteiger partial charge in [-0.1, -0.05) is 111 Å². The third kappa shape index (κ3) is 5.25. The molecule has 4 aliphatic heterocycles. The number of hydrogen-bond donors (Lipinski definition) is 0. The zero-order valence-electron chi connectivity index (χ0n) is 27.8. The van der Waals surface area contributed by atoms with Crippen molar-refractivity contribution in [2.45, 2.75) is 160 Å². The Morgan fingerprint density at radius 2 is 1.36 bits per heavy atom. The van der Waals surface area contributed by atoms with Crippen LogP contribution in [-0.4, -0.2) is 55.9 Å². The van der Waals surface area contributed by atoms with Crippen molar-refractivity contribution in [3.05, 3.63) is 23.3 Å². The monoisotopic (exact) mass is 608 g/mol. The summed E-state index contributed by atoms with van der Waals surface area (Å²) in [6.45, 7) is 36.8. The van der Waals surface area contributed by atoms with E-state index in [2.05, 4.69) is 123 Å². The highest BCUT2D eigenvalue weighted by molar-refractivity contribution is 7.60. The zero-order chi connectivity index (χ0) is 29.8. The van der Waals surface area contributed by atoms with Gasteiger partial charge in [0.25, 0.3) is 0 Å². The summed E-state index contributed by atoms with van der Waals surface area (Å²) in [4.78, 5) is 0. The van der Waals surface area contributed by atoms with E-state index in [9.17, 15) is 0 Å². The van der Waals surface area contributed by atoms with Gasteiger partial charge in [0, 0.05) is 12.8 Å². The van der Waals surface area contributed by atoms with Gasteiger partial charge in [0.2, 0.25) is 0 Å². The molecular weight excluding hydrogens is 550 g/mol. The number of hydrogen-bond acceptors (Lipinski definition) is 3. The van der Waals surface area contributed by atoms with Crippen LogP contribution in [0, 0.1) is 0 Å². The Kier molecular flexibility index (Phi) is 7.82. The summed E-state index contributed by atoms with van der Waals surface area (Å²) in [5.74, 6) is -0.586. The minimum absolute atomic E-state index is 0.195. The van der Waals surface area contributed by atoms with Crippen LogP contribution in [0.2, 0.25) is 39.3 Å². The van der Waals surface area contributed by atoms with Crippen LogP contribution in [-0.2, 0) is 25.8 Å². The first-order valence-electron chi connectivity index (χ1n) is 15.0. The van der Waals surface area contributed by atoms with Crippen LogP contribution in [0.25, 0.3) is 0 Å². The van der Waals surface area contributed by atoms with Gasteiger partial charge in [-0.2, -0.15) is 0 Å². The van der Waals surface area contributed by atoms with Crippen molar-refractivity contribution in [1.29, 1.82) is 0 Å². The SMILES string of the molecule is CC12CC3(C)OC(CC(C)(O1)C3(CP)c1cc([Si](C)(C)C)c([Si](C)(C)C)cc1CP(C(C)(C)C)C(C)(C)C)O2. The largest absolute Gasteiger partial charge is 0.345 e. The molecule has 0 aromatic heterocycles. The Hall–Kier alpha value is 0.394. The highest BCUT2D eigenvalue weighted by Gasteiger charge is 2.75. The van der Waals surface area contributed by atoms with Gasteiger partial charge in [-0.15, -0.1) is 9.24 Å². The Bertz CT molecular complexity index is 1090. The minimum Gasteiger partial charge on any atom is -0.345 e. The molecule has 4 fully saturated rings. The first-order valence-corrected chi connectivity index (χ1v) is 24.4. The average molecular weight is 609 g/mol. The van der Waals surface area contributed by atoms with Crippen molar-refractivity contribution in [1.82, 2.24) is 0 Å². The van der Waals surface area contributed by atoms with Gasteiger partial charge >= 0.3 is 0 Å². The second-order valence-corrected chi connectivity index (χ2v) is 31.7. The molecule has 0 aliphatic carbocycles. The topological polar surface area (TPSA) is 27.7 Å². The zero-order valence-corrected chi connectivity index (χ0v) is 31.9. The molecule has 1 aromatic carbocycles. The lowest BCUT2D eigenvalue weighted by atomic mass is 9.52. The summed E-state index contributed by atoms with van der Waals surface area (Å²) in [6, 6.07) is 5.41. The minimum atomic E-state index is -1.64. The van der Waals surface area contributed by atoms with Gasteiger partial charge in [0.1, 0.15) is 0 Å². The molecule has 0 saturated carbocycles.